The number of rotatable bonds is 7. The molecule has 2 heterocycles. The fourth-order valence-electron chi connectivity index (χ4n) is 4.30. The van der Waals surface area contributed by atoms with Crippen LogP contribution >= 0.6 is 11.6 Å². The van der Waals surface area contributed by atoms with Gasteiger partial charge in [-0.05, 0) is 54.8 Å². The van der Waals surface area contributed by atoms with Gasteiger partial charge in [-0.3, -0.25) is 14.9 Å². The molecule has 1 aliphatic rings. The van der Waals surface area contributed by atoms with E-state index in [1.807, 2.05) is 36.1 Å². The lowest BCUT2D eigenvalue weighted by atomic mass is 10.0. The molecule has 3 aromatic rings. The lowest BCUT2D eigenvalue weighted by Gasteiger charge is -2.36. The number of aryl methyl sites for hydroxylation is 2. The zero-order chi connectivity index (χ0) is 25.7. The van der Waals surface area contributed by atoms with Crippen LogP contribution in [0.25, 0.3) is 6.08 Å². The number of amides is 1. The second-order valence-corrected chi connectivity index (χ2v) is 9.11. The van der Waals surface area contributed by atoms with Crippen molar-refractivity contribution in [1.29, 1.82) is 0 Å². The third kappa shape index (κ3) is 6.07. The molecule has 0 unspecified atom stereocenters. The SMILES string of the molecule is CCc1nc(C)nc(N2CCN(C(=O)/C=C/c3ccc([N+](=O)[O-])cc3)CC2)c1Cc1ccc(Cl)cc1. The number of nitro benzene ring substituents is 1. The van der Waals surface area contributed by atoms with Gasteiger partial charge in [-0.25, -0.2) is 9.97 Å². The first-order valence-electron chi connectivity index (χ1n) is 11.9. The van der Waals surface area contributed by atoms with Crippen molar-refractivity contribution in [2.45, 2.75) is 26.7 Å². The lowest BCUT2D eigenvalue weighted by molar-refractivity contribution is -0.384. The lowest BCUT2D eigenvalue weighted by Crippen LogP contribution is -2.49. The van der Waals surface area contributed by atoms with Crippen LogP contribution in [0.5, 0.6) is 0 Å². The molecule has 8 nitrogen and oxygen atoms in total. The first-order chi connectivity index (χ1) is 17.3. The summed E-state index contributed by atoms with van der Waals surface area (Å²) in [6, 6.07) is 14.0. The first kappa shape index (κ1) is 25.3. The number of carbonyl (C=O) groups excluding carboxylic acids is 1. The van der Waals surface area contributed by atoms with Crippen LogP contribution in [0.15, 0.2) is 54.6 Å². The minimum absolute atomic E-state index is 0.0243. The molecule has 36 heavy (non-hydrogen) atoms. The van der Waals surface area contributed by atoms with Gasteiger partial charge < -0.3 is 9.80 Å². The number of carbonyl (C=O) groups is 1. The minimum Gasteiger partial charge on any atom is -0.353 e. The Morgan fingerprint density at radius 1 is 1.06 bits per heavy atom. The normalized spacial score (nSPS) is 13.9. The predicted molar refractivity (Wildman–Crippen MR) is 141 cm³/mol. The zero-order valence-corrected chi connectivity index (χ0v) is 21.1. The number of halogens is 1. The molecule has 0 radical (unpaired) electrons. The monoisotopic (exact) mass is 505 g/mol. The molecule has 0 atom stereocenters. The summed E-state index contributed by atoms with van der Waals surface area (Å²) in [6.07, 6.45) is 4.73. The Kier molecular flexibility index (Phi) is 7.95. The quantitative estimate of drug-likeness (QED) is 0.258. The van der Waals surface area contributed by atoms with Crippen molar-refractivity contribution in [3.63, 3.8) is 0 Å². The molecule has 2 aromatic carbocycles. The summed E-state index contributed by atoms with van der Waals surface area (Å²) < 4.78 is 0. The van der Waals surface area contributed by atoms with E-state index in [4.69, 9.17) is 21.6 Å². The summed E-state index contributed by atoms with van der Waals surface area (Å²) in [4.78, 5) is 36.7. The highest BCUT2D eigenvalue weighted by molar-refractivity contribution is 6.30. The highest BCUT2D eigenvalue weighted by Gasteiger charge is 2.24. The van der Waals surface area contributed by atoms with Crippen LogP contribution in [0, 0.1) is 17.0 Å². The Morgan fingerprint density at radius 3 is 2.33 bits per heavy atom. The van der Waals surface area contributed by atoms with Gasteiger partial charge in [0.25, 0.3) is 5.69 Å². The molecule has 1 aliphatic heterocycles. The smallest absolute Gasteiger partial charge is 0.269 e. The number of aromatic nitrogens is 2. The van der Waals surface area contributed by atoms with Gasteiger partial charge in [-0.2, -0.15) is 0 Å². The molecule has 186 valence electrons. The topological polar surface area (TPSA) is 92.5 Å². The molecular formula is C27H28ClN5O3. The summed E-state index contributed by atoms with van der Waals surface area (Å²) in [5, 5.41) is 11.5. The fourth-order valence-corrected chi connectivity index (χ4v) is 4.42. The maximum absolute atomic E-state index is 12.8. The molecule has 9 heteroatoms. The van der Waals surface area contributed by atoms with Crippen molar-refractivity contribution in [2.24, 2.45) is 0 Å². The molecule has 1 aromatic heterocycles. The average Bonchev–Trinajstić information content (AvgIpc) is 2.89. The van der Waals surface area contributed by atoms with E-state index in [2.05, 4.69) is 11.8 Å². The zero-order valence-electron chi connectivity index (χ0n) is 20.4. The van der Waals surface area contributed by atoms with E-state index in [0.717, 1.165) is 40.4 Å². The van der Waals surface area contributed by atoms with Gasteiger partial charge in [0, 0.05) is 67.1 Å². The molecule has 1 fully saturated rings. The van der Waals surface area contributed by atoms with Crippen LogP contribution in [-0.2, 0) is 17.6 Å². The van der Waals surface area contributed by atoms with Gasteiger partial charge in [0.05, 0.1) is 4.92 Å². The number of hydrogen-bond acceptors (Lipinski definition) is 6. The average molecular weight is 506 g/mol. The Balaban J connectivity index is 1.45. The summed E-state index contributed by atoms with van der Waals surface area (Å²) in [5.41, 5.74) is 4.06. The maximum atomic E-state index is 12.8. The van der Waals surface area contributed by atoms with Crippen molar-refractivity contribution in [3.05, 3.63) is 98.0 Å². The van der Waals surface area contributed by atoms with Crippen LogP contribution in [0.1, 0.15) is 35.1 Å². The minimum atomic E-state index is -0.443. The Bertz CT molecular complexity index is 1270. The Labute approximate surface area is 215 Å². The molecule has 1 amide bonds. The molecule has 4 rings (SSSR count). The first-order valence-corrected chi connectivity index (χ1v) is 12.3. The van der Waals surface area contributed by atoms with Crippen molar-refractivity contribution in [2.75, 3.05) is 31.1 Å². The van der Waals surface area contributed by atoms with Crippen LogP contribution in [-0.4, -0.2) is 51.9 Å². The van der Waals surface area contributed by atoms with Gasteiger partial charge in [-0.15, -0.1) is 0 Å². The van der Waals surface area contributed by atoms with Gasteiger partial charge in [-0.1, -0.05) is 30.7 Å². The number of nitro groups is 1. The highest BCUT2D eigenvalue weighted by atomic mass is 35.5. The highest BCUT2D eigenvalue weighted by Crippen LogP contribution is 2.26. The van der Waals surface area contributed by atoms with Gasteiger partial charge in [0.15, 0.2) is 0 Å². The second-order valence-electron chi connectivity index (χ2n) is 8.67. The fraction of sp³-hybridized carbons (Fsp3) is 0.296. The van der Waals surface area contributed by atoms with E-state index in [0.29, 0.717) is 37.6 Å². The van der Waals surface area contributed by atoms with Crippen molar-refractivity contribution in [3.8, 4) is 0 Å². The van der Waals surface area contributed by atoms with Crippen LogP contribution < -0.4 is 4.90 Å². The van der Waals surface area contributed by atoms with E-state index in [1.54, 1.807) is 18.2 Å². The molecule has 0 bridgehead atoms. The van der Waals surface area contributed by atoms with E-state index in [-0.39, 0.29) is 11.6 Å². The molecule has 0 N–H and O–H groups in total. The third-order valence-corrected chi connectivity index (χ3v) is 6.48. The third-order valence-electron chi connectivity index (χ3n) is 6.22. The Hall–Kier alpha value is -3.78. The van der Waals surface area contributed by atoms with Crippen molar-refractivity contribution < 1.29 is 9.72 Å². The van der Waals surface area contributed by atoms with E-state index in [1.165, 1.54) is 18.2 Å². The van der Waals surface area contributed by atoms with E-state index >= 15 is 0 Å². The van der Waals surface area contributed by atoms with Crippen molar-refractivity contribution in [1.82, 2.24) is 14.9 Å². The number of benzene rings is 2. The molecular weight excluding hydrogens is 478 g/mol. The summed E-state index contributed by atoms with van der Waals surface area (Å²) in [6.45, 7) is 6.51. The molecule has 0 aliphatic carbocycles. The van der Waals surface area contributed by atoms with Gasteiger partial charge >= 0.3 is 0 Å². The number of nitrogens with zero attached hydrogens (tertiary/aromatic N) is 5. The van der Waals surface area contributed by atoms with E-state index in [9.17, 15) is 14.9 Å². The Morgan fingerprint density at radius 2 is 1.72 bits per heavy atom. The van der Waals surface area contributed by atoms with Crippen molar-refractivity contribution >= 4 is 35.1 Å². The van der Waals surface area contributed by atoms with Crippen LogP contribution in [0.4, 0.5) is 11.5 Å². The second kappa shape index (κ2) is 11.3. The van der Waals surface area contributed by atoms with Gasteiger partial charge in [0.2, 0.25) is 5.91 Å². The number of piperazine rings is 1. The van der Waals surface area contributed by atoms with E-state index < -0.39 is 4.92 Å². The standard InChI is InChI=1S/C27H28ClN5O3/c1-3-25-24(18-21-4-9-22(28)10-5-21)27(30-19(2)29-25)32-16-14-31(15-17-32)26(34)13-8-20-6-11-23(12-7-20)33(35)36/h4-13H,3,14-18H2,1-2H3/b13-8+. The largest absolute Gasteiger partial charge is 0.353 e. The number of hydrogen-bond donors (Lipinski definition) is 0. The summed E-state index contributed by atoms with van der Waals surface area (Å²) in [5.74, 6) is 1.59. The number of anilines is 1. The van der Waals surface area contributed by atoms with Crippen LogP contribution in [0.3, 0.4) is 0 Å². The summed E-state index contributed by atoms with van der Waals surface area (Å²) >= 11 is 6.07. The summed E-state index contributed by atoms with van der Waals surface area (Å²) in [7, 11) is 0. The van der Waals surface area contributed by atoms with Gasteiger partial charge in [0.1, 0.15) is 11.6 Å². The van der Waals surface area contributed by atoms with Crippen LogP contribution in [0.2, 0.25) is 5.02 Å². The number of non-ortho nitro benzene ring substituents is 1. The maximum Gasteiger partial charge on any atom is 0.269 e. The predicted octanol–water partition coefficient (Wildman–Crippen LogP) is 4.86. The molecule has 0 spiro atoms. The molecule has 0 saturated carbocycles. The molecule has 1 saturated heterocycles.